The van der Waals surface area contributed by atoms with Crippen molar-refractivity contribution in [1.82, 2.24) is 9.97 Å². The minimum Gasteiger partial charge on any atom is -0.379 e. The van der Waals surface area contributed by atoms with E-state index in [4.69, 9.17) is 11.1 Å². The lowest BCUT2D eigenvalue weighted by molar-refractivity contribution is 1.07. The fourth-order valence-corrected chi connectivity index (χ4v) is 2.24. The van der Waals surface area contributed by atoms with Gasteiger partial charge in [-0.1, -0.05) is 23.9 Å². The third-order valence-corrected chi connectivity index (χ3v) is 3.27. The molecular weight excluding hydrogens is 252 g/mol. The maximum Gasteiger partial charge on any atom is 0.151 e. The topological polar surface area (TPSA) is 75.7 Å². The zero-order valence-electron chi connectivity index (χ0n) is 9.05. The number of para-hydroxylation sites is 2. The maximum atomic E-state index is 7.21. The summed E-state index contributed by atoms with van der Waals surface area (Å²) in [7, 11) is 0. The number of thiol groups is 1. The third kappa shape index (κ3) is 2.89. The van der Waals surface area contributed by atoms with Gasteiger partial charge in [-0.15, -0.1) is 0 Å². The van der Waals surface area contributed by atoms with Crippen LogP contribution in [-0.4, -0.2) is 15.1 Å². The van der Waals surface area contributed by atoms with E-state index in [2.05, 4.69) is 22.6 Å². The van der Waals surface area contributed by atoms with Crippen molar-refractivity contribution in [2.75, 3.05) is 0 Å². The van der Waals surface area contributed by atoms with Crippen LogP contribution in [0.3, 0.4) is 0 Å². The largest absolute Gasteiger partial charge is 0.379 e. The lowest BCUT2D eigenvalue weighted by Gasteiger charge is -2.07. The highest BCUT2D eigenvalue weighted by Gasteiger charge is 2.08. The van der Waals surface area contributed by atoms with Gasteiger partial charge in [-0.2, -0.15) is 12.6 Å². The van der Waals surface area contributed by atoms with Gasteiger partial charge in [0.15, 0.2) is 5.17 Å². The molecule has 0 saturated heterocycles. The van der Waals surface area contributed by atoms with Gasteiger partial charge in [0.2, 0.25) is 0 Å². The summed E-state index contributed by atoms with van der Waals surface area (Å²) in [6.07, 6.45) is 0. The number of thioether (sulfide) groups is 1. The molecule has 0 aliphatic heterocycles. The molecule has 0 aliphatic rings. The number of nitrogens with zero attached hydrogens (tertiary/aromatic N) is 2. The first-order valence-electron chi connectivity index (χ1n) is 5.03. The number of nitrogens with two attached hydrogens (primary N) is 1. The second-order valence-corrected chi connectivity index (χ2v) is 4.75. The highest BCUT2D eigenvalue weighted by atomic mass is 32.2. The zero-order valence-corrected chi connectivity index (χ0v) is 10.8. The van der Waals surface area contributed by atoms with Crippen LogP contribution in [0.2, 0.25) is 0 Å². The molecule has 6 heteroatoms. The highest BCUT2D eigenvalue weighted by molar-refractivity contribution is 8.13. The van der Waals surface area contributed by atoms with Crippen molar-refractivity contribution in [3.8, 4) is 0 Å². The lowest BCUT2D eigenvalue weighted by atomic mass is 10.2. The van der Waals surface area contributed by atoms with Crippen LogP contribution in [-0.2, 0) is 11.5 Å². The Kier molecular flexibility index (Phi) is 3.86. The molecule has 88 valence electrons. The summed E-state index contributed by atoms with van der Waals surface area (Å²) in [5, 5.41) is 7.30. The van der Waals surface area contributed by atoms with E-state index in [9.17, 15) is 0 Å². The molecule has 17 heavy (non-hydrogen) atoms. The summed E-state index contributed by atoms with van der Waals surface area (Å²) in [5.74, 6) is 1.09. The Bertz CT molecular complexity index is 556. The molecule has 1 heterocycles. The van der Waals surface area contributed by atoms with Crippen LogP contribution in [0.15, 0.2) is 24.3 Å². The Morgan fingerprint density at radius 2 is 1.82 bits per heavy atom. The smallest absolute Gasteiger partial charge is 0.151 e. The Morgan fingerprint density at radius 3 is 2.35 bits per heavy atom. The van der Waals surface area contributed by atoms with Crippen LogP contribution in [0.25, 0.3) is 11.0 Å². The summed E-state index contributed by atoms with van der Waals surface area (Å²) in [5.41, 5.74) is 8.74. The van der Waals surface area contributed by atoms with Gasteiger partial charge >= 0.3 is 0 Å². The van der Waals surface area contributed by atoms with Gasteiger partial charge in [0.1, 0.15) is 0 Å². The van der Waals surface area contributed by atoms with E-state index in [0.717, 1.165) is 22.4 Å². The minimum atomic E-state index is 0.0880. The Balaban J connectivity index is 2.41. The number of fused-ring (bicyclic) bond motifs is 1. The van der Waals surface area contributed by atoms with E-state index in [-0.39, 0.29) is 5.17 Å². The molecule has 0 aliphatic carbocycles. The van der Waals surface area contributed by atoms with Gasteiger partial charge in [0.25, 0.3) is 0 Å². The number of hydrogen-bond acceptors (Lipinski definition) is 5. The van der Waals surface area contributed by atoms with Gasteiger partial charge in [-0.25, -0.2) is 9.97 Å². The molecule has 0 amide bonds. The summed E-state index contributed by atoms with van der Waals surface area (Å²) < 4.78 is 0. The van der Waals surface area contributed by atoms with Crippen molar-refractivity contribution >= 4 is 40.6 Å². The summed E-state index contributed by atoms with van der Waals surface area (Å²) in [4.78, 5) is 9.04. The molecule has 1 aromatic heterocycles. The molecule has 2 rings (SSSR count). The number of hydrogen-bond donors (Lipinski definition) is 3. The quantitative estimate of drug-likeness (QED) is 0.451. The summed E-state index contributed by atoms with van der Waals surface area (Å²) in [6.45, 7) is 0. The standard InChI is InChI=1S/C11H12N4S2/c12-11(13)17-6-10-9(5-16)14-7-3-1-2-4-8(7)15-10/h1-4,16H,5-6H2,(H3,12,13). The van der Waals surface area contributed by atoms with E-state index in [1.807, 2.05) is 24.3 Å². The second-order valence-electron chi connectivity index (χ2n) is 3.42. The normalized spacial score (nSPS) is 10.6. The molecule has 0 radical (unpaired) electrons. The molecule has 0 spiro atoms. The molecular formula is C11H12N4S2. The Hall–Kier alpha value is -1.27. The first-order valence-corrected chi connectivity index (χ1v) is 6.64. The van der Waals surface area contributed by atoms with Crippen LogP contribution in [0.5, 0.6) is 0 Å². The molecule has 2 aromatic rings. The molecule has 1 aromatic carbocycles. The third-order valence-electron chi connectivity index (χ3n) is 2.24. The zero-order chi connectivity index (χ0) is 12.3. The van der Waals surface area contributed by atoms with E-state index in [1.165, 1.54) is 11.8 Å². The van der Waals surface area contributed by atoms with Gasteiger partial charge in [0.05, 0.1) is 22.4 Å². The van der Waals surface area contributed by atoms with Crippen molar-refractivity contribution in [2.45, 2.75) is 11.5 Å². The van der Waals surface area contributed by atoms with Crippen LogP contribution in [0.1, 0.15) is 11.4 Å². The SMILES string of the molecule is N=C(N)SCc1nc2ccccc2nc1CS. The van der Waals surface area contributed by atoms with Crippen LogP contribution in [0.4, 0.5) is 0 Å². The van der Waals surface area contributed by atoms with Crippen molar-refractivity contribution in [1.29, 1.82) is 5.41 Å². The molecule has 0 fully saturated rings. The van der Waals surface area contributed by atoms with Crippen molar-refractivity contribution in [2.24, 2.45) is 5.73 Å². The Morgan fingerprint density at radius 1 is 1.24 bits per heavy atom. The molecule has 4 nitrogen and oxygen atoms in total. The minimum absolute atomic E-state index is 0.0880. The predicted molar refractivity (Wildman–Crippen MR) is 75.4 cm³/mol. The van der Waals surface area contributed by atoms with Crippen molar-refractivity contribution in [3.63, 3.8) is 0 Å². The van der Waals surface area contributed by atoms with Crippen LogP contribution >= 0.6 is 24.4 Å². The number of rotatable bonds is 3. The van der Waals surface area contributed by atoms with Gasteiger partial charge < -0.3 is 5.73 Å². The van der Waals surface area contributed by atoms with Crippen LogP contribution in [0, 0.1) is 5.41 Å². The van der Waals surface area contributed by atoms with E-state index in [0.29, 0.717) is 11.5 Å². The number of aromatic nitrogens is 2. The maximum absolute atomic E-state index is 7.21. The lowest BCUT2D eigenvalue weighted by Crippen LogP contribution is -2.06. The average Bonchev–Trinajstić information content (AvgIpc) is 2.35. The monoisotopic (exact) mass is 264 g/mol. The molecule has 0 bridgehead atoms. The van der Waals surface area contributed by atoms with E-state index < -0.39 is 0 Å². The second kappa shape index (κ2) is 5.37. The van der Waals surface area contributed by atoms with E-state index >= 15 is 0 Å². The summed E-state index contributed by atoms with van der Waals surface area (Å²) in [6, 6.07) is 7.71. The Labute approximate surface area is 109 Å². The molecule has 0 atom stereocenters. The number of nitrogens with one attached hydrogen (secondary N) is 1. The van der Waals surface area contributed by atoms with Gasteiger partial charge in [0, 0.05) is 11.5 Å². The number of benzene rings is 1. The molecule has 0 saturated carbocycles. The highest BCUT2D eigenvalue weighted by Crippen LogP contribution is 2.18. The number of amidine groups is 1. The van der Waals surface area contributed by atoms with E-state index in [1.54, 1.807) is 0 Å². The fraction of sp³-hybridized carbons (Fsp3) is 0.182. The summed E-state index contributed by atoms with van der Waals surface area (Å²) >= 11 is 5.50. The molecule has 0 unspecified atom stereocenters. The molecule has 3 N–H and O–H groups in total. The van der Waals surface area contributed by atoms with Gasteiger partial charge in [-0.3, -0.25) is 5.41 Å². The van der Waals surface area contributed by atoms with Gasteiger partial charge in [-0.05, 0) is 12.1 Å². The fourth-order valence-electron chi connectivity index (χ4n) is 1.46. The first-order chi connectivity index (χ1) is 8.20. The van der Waals surface area contributed by atoms with Crippen molar-refractivity contribution in [3.05, 3.63) is 35.7 Å². The van der Waals surface area contributed by atoms with Crippen LogP contribution < -0.4 is 5.73 Å². The average molecular weight is 264 g/mol. The predicted octanol–water partition coefficient (Wildman–Crippen LogP) is 2.19. The van der Waals surface area contributed by atoms with Crippen molar-refractivity contribution < 1.29 is 0 Å². The first kappa shape index (κ1) is 12.2.